The van der Waals surface area contributed by atoms with Gasteiger partial charge in [0, 0.05) is 61.2 Å². The monoisotopic (exact) mass is 499 g/mol. The van der Waals surface area contributed by atoms with Crippen LogP contribution in [0.5, 0.6) is 0 Å². The number of hydrogen-bond acceptors (Lipinski definition) is 7. The Hall–Kier alpha value is -4.47. The van der Waals surface area contributed by atoms with Crippen LogP contribution in [-0.2, 0) is 4.74 Å². The van der Waals surface area contributed by atoms with Crippen molar-refractivity contribution in [1.82, 2.24) is 24.8 Å². The predicted octanol–water partition coefficient (Wildman–Crippen LogP) is 4.33. The number of amides is 2. The third-order valence-electron chi connectivity index (χ3n) is 6.04. The predicted molar refractivity (Wildman–Crippen MR) is 142 cm³/mol. The Kier molecular flexibility index (Phi) is 6.47. The second-order valence-electron chi connectivity index (χ2n) is 9.81. The van der Waals surface area contributed by atoms with E-state index >= 15 is 0 Å². The van der Waals surface area contributed by atoms with E-state index in [1.807, 2.05) is 57.3 Å². The van der Waals surface area contributed by atoms with Crippen LogP contribution < -0.4 is 10.2 Å². The van der Waals surface area contributed by atoms with Gasteiger partial charge in [-0.25, -0.2) is 14.8 Å². The van der Waals surface area contributed by atoms with Crippen molar-refractivity contribution >= 4 is 34.3 Å². The molecule has 1 fully saturated rings. The van der Waals surface area contributed by atoms with Gasteiger partial charge in [-0.05, 0) is 39.0 Å². The Morgan fingerprint density at radius 2 is 1.81 bits per heavy atom. The summed E-state index contributed by atoms with van der Waals surface area (Å²) in [6, 6.07) is 11.3. The lowest BCUT2D eigenvalue weighted by atomic mass is 10.1. The standard InChI is InChI=1S/C27H29N7O3/c1-27(2,3)37-26(36)34-14-12-33(13-15-34)23-9-10-28-17-22(23)32-25(35)21-8-11-29-24(31-21)19-16-30-20-7-5-4-6-18(19)20/h4-11,16-17,30H,12-15H2,1-3H3,(H,32,35). The van der Waals surface area contributed by atoms with Crippen LogP contribution in [-0.4, -0.2) is 68.6 Å². The van der Waals surface area contributed by atoms with E-state index in [0.717, 1.165) is 22.2 Å². The lowest BCUT2D eigenvalue weighted by Gasteiger charge is -2.37. The third kappa shape index (κ3) is 5.37. The molecule has 0 spiro atoms. The Bertz CT molecular complexity index is 1440. The summed E-state index contributed by atoms with van der Waals surface area (Å²) in [5.74, 6) is 0.111. The highest BCUT2D eigenvalue weighted by atomic mass is 16.6. The van der Waals surface area contributed by atoms with Crippen molar-refractivity contribution in [3.05, 3.63) is 66.9 Å². The summed E-state index contributed by atoms with van der Waals surface area (Å²) in [6.07, 6.45) is 6.42. The first-order valence-corrected chi connectivity index (χ1v) is 12.2. The molecular formula is C27H29N7O3. The van der Waals surface area contributed by atoms with E-state index in [1.165, 1.54) is 0 Å². The highest BCUT2D eigenvalue weighted by Crippen LogP contribution is 2.28. The van der Waals surface area contributed by atoms with Crippen molar-refractivity contribution < 1.29 is 14.3 Å². The van der Waals surface area contributed by atoms with Crippen LogP contribution in [0.3, 0.4) is 0 Å². The number of anilines is 2. The summed E-state index contributed by atoms with van der Waals surface area (Å²) in [5, 5.41) is 3.94. The van der Waals surface area contributed by atoms with Crippen molar-refractivity contribution in [2.75, 3.05) is 36.4 Å². The van der Waals surface area contributed by atoms with Gasteiger partial charge in [0.1, 0.15) is 11.3 Å². The molecule has 10 heteroatoms. The zero-order valence-corrected chi connectivity index (χ0v) is 21.1. The molecule has 37 heavy (non-hydrogen) atoms. The largest absolute Gasteiger partial charge is 0.444 e. The maximum Gasteiger partial charge on any atom is 0.410 e. The molecule has 2 amide bonds. The first-order chi connectivity index (χ1) is 17.8. The second kappa shape index (κ2) is 9.88. The number of fused-ring (bicyclic) bond motifs is 1. The van der Waals surface area contributed by atoms with Crippen LogP contribution in [0, 0.1) is 0 Å². The van der Waals surface area contributed by atoms with E-state index < -0.39 is 5.60 Å². The number of nitrogens with one attached hydrogen (secondary N) is 2. The minimum atomic E-state index is -0.536. The van der Waals surface area contributed by atoms with Crippen LogP contribution in [0.2, 0.25) is 0 Å². The number of carbonyl (C=O) groups is 2. The summed E-state index contributed by atoms with van der Waals surface area (Å²) in [6.45, 7) is 7.81. The molecule has 190 valence electrons. The first kappa shape index (κ1) is 24.2. The molecule has 1 aliphatic heterocycles. The normalized spacial score (nSPS) is 14.0. The van der Waals surface area contributed by atoms with Crippen LogP contribution in [0.1, 0.15) is 31.3 Å². The first-order valence-electron chi connectivity index (χ1n) is 12.2. The number of para-hydroxylation sites is 1. The average molecular weight is 500 g/mol. The number of hydrogen-bond donors (Lipinski definition) is 2. The van der Waals surface area contributed by atoms with Gasteiger partial charge < -0.3 is 24.8 Å². The number of ether oxygens (including phenoxy) is 1. The molecule has 0 saturated carbocycles. The average Bonchev–Trinajstić information content (AvgIpc) is 3.32. The quantitative estimate of drug-likeness (QED) is 0.429. The molecule has 1 saturated heterocycles. The SMILES string of the molecule is CC(C)(C)OC(=O)N1CCN(c2ccncc2NC(=O)c2ccnc(-c3c[nH]c4ccccc34)n2)CC1. The van der Waals surface area contributed by atoms with Gasteiger partial charge in [-0.2, -0.15) is 0 Å². The van der Waals surface area contributed by atoms with E-state index in [-0.39, 0.29) is 17.7 Å². The van der Waals surface area contributed by atoms with Crippen LogP contribution in [0.25, 0.3) is 22.3 Å². The minimum absolute atomic E-state index is 0.250. The molecule has 0 atom stereocenters. The number of rotatable bonds is 4. The number of carbonyl (C=O) groups excluding carboxylic acids is 2. The fourth-order valence-electron chi connectivity index (χ4n) is 4.27. The van der Waals surface area contributed by atoms with Gasteiger partial charge in [-0.1, -0.05) is 18.2 Å². The summed E-state index contributed by atoms with van der Waals surface area (Å²) in [4.78, 5) is 45.7. The molecule has 1 aliphatic rings. The second-order valence-corrected chi connectivity index (χ2v) is 9.81. The molecule has 0 unspecified atom stereocenters. The molecule has 2 N–H and O–H groups in total. The van der Waals surface area contributed by atoms with E-state index in [4.69, 9.17) is 4.74 Å². The van der Waals surface area contributed by atoms with E-state index in [1.54, 1.807) is 29.6 Å². The minimum Gasteiger partial charge on any atom is -0.444 e. The van der Waals surface area contributed by atoms with Crippen LogP contribution >= 0.6 is 0 Å². The van der Waals surface area contributed by atoms with Crippen molar-refractivity contribution in [3.63, 3.8) is 0 Å². The van der Waals surface area contributed by atoms with Gasteiger partial charge >= 0.3 is 6.09 Å². The van der Waals surface area contributed by atoms with Gasteiger partial charge in [-0.15, -0.1) is 0 Å². The highest BCUT2D eigenvalue weighted by Gasteiger charge is 2.27. The lowest BCUT2D eigenvalue weighted by Crippen LogP contribution is -2.50. The van der Waals surface area contributed by atoms with Crippen molar-refractivity contribution in [1.29, 1.82) is 0 Å². The molecule has 5 rings (SSSR count). The summed E-state index contributed by atoms with van der Waals surface area (Å²) < 4.78 is 5.49. The Labute approximate surface area is 214 Å². The molecule has 4 aromatic rings. The van der Waals surface area contributed by atoms with Gasteiger partial charge in [0.15, 0.2) is 5.82 Å². The number of aromatic nitrogens is 4. The topological polar surface area (TPSA) is 116 Å². The Morgan fingerprint density at radius 3 is 2.59 bits per heavy atom. The molecular weight excluding hydrogens is 470 g/mol. The van der Waals surface area contributed by atoms with Crippen LogP contribution in [0.4, 0.5) is 16.2 Å². The summed E-state index contributed by atoms with van der Waals surface area (Å²) in [5.41, 5.74) is 2.92. The van der Waals surface area contributed by atoms with E-state index in [2.05, 4.69) is 30.2 Å². The van der Waals surface area contributed by atoms with Gasteiger partial charge in [0.2, 0.25) is 0 Å². The molecule has 1 aromatic carbocycles. The van der Waals surface area contributed by atoms with Gasteiger partial charge in [0.05, 0.1) is 17.6 Å². The number of piperazine rings is 1. The molecule has 0 bridgehead atoms. The van der Waals surface area contributed by atoms with Crippen molar-refractivity contribution in [2.45, 2.75) is 26.4 Å². The number of pyridine rings is 1. The number of benzene rings is 1. The zero-order chi connectivity index (χ0) is 26.0. The molecule has 3 aromatic heterocycles. The summed E-state index contributed by atoms with van der Waals surface area (Å²) in [7, 11) is 0. The zero-order valence-electron chi connectivity index (χ0n) is 21.1. The van der Waals surface area contributed by atoms with E-state index in [0.29, 0.717) is 37.7 Å². The number of aromatic amines is 1. The number of nitrogens with zero attached hydrogens (tertiary/aromatic N) is 5. The Balaban J connectivity index is 1.30. The molecule has 10 nitrogen and oxygen atoms in total. The third-order valence-corrected chi connectivity index (χ3v) is 6.04. The highest BCUT2D eigenvalue weighted by molar-refractivity contribution is 6.05. The van der Waals surface area contributed by atoms with Gasteiger partial charge in [0.25, 0.3) is 5.91 Å². The molecule has 4 heterocycles. The fourth-order valence-corrected chi connectivity index (χ4v) is 4.27. The van der Waals surface area contributed by atoms with Crippen molar-refractivity contribution in [2.24, 2.45) is 0 Å². The maximum atomic E-state index is 13.2. The van der Waals surface area contributed by atoms with Crippen LogP contribution in [0.15, 0.2) is 61.2 Å². The van der Waals surface area contributed by atoms with E-state index in [9.17, 15) is 9.59 Å². The fraction of sp³-hybridized carbons (Fsp3) is 0.296. The lowest BCUT2D eigenvalue weighted by molar-refractivity contribution is 0.0240. The molecule has 0 aliphatic carbocycles. The summed E-state index contributed by atoms with van der Waals surface area (Å²) >= 11 is 0. The maximum absolute atomic E-state index is 13.2. The number of H-pyrrole nitrogens is 1. The Morgan fingerprint density at radius 1 is 1.03 bits per heavy atom. The smallest absolute Gasteiger partial charge is 0.410 e. The van der Waals surface area contributed by atoms with Gasteiger partial charge in [-0.3, -0.25) is 9.78 Å². The van der Waals surface area contributed by atoms with Crippen molar-refractivity contribution in [3.8, 4) is 11.4 Å². The molecule has 0 radical (unpaired) electrons.